The molecule has 0 amide bonds. The number of rotatable bonds is 2. The maximum absolute atomic E-state index is 14.6. The SMILES string of the molecule is Cc1[c]c(C)c(-c2cccc(F)c2F)c(C(F)(C(F)(F)F)C(F)(F)F)c1. The molecule has 2 aromatic carbocycles. The van der Waals surface area contributed by atoms with Gasteiger partial charge in [-0.05, 0) is 42.7 Å². The number of halogens is 9. The normalized spacial score (nSPS) is 13.2. The van der Waals surface area contributed by atoms with E-state index in [0.29, 0.717) is 6.07 Å². The van der Waals surface area contributed by atoms with E-state index in [1.165, 1.54) is 0 Å². The Kier molecular flexibility index (Phi) is 4.80. The Hall–Kier alpha value is -2.19. The van der Waals surface area contributed by atoms with Gasteiger partial charge in [-0.3, -0.25) is 0 Å². The van der Waals surface area contributed by atoms with Gasteiger partial charge in [0.15, 0.2) is 11.6 Å². The molecule has 0 fully saturated rings. The maximum atomic E-state index is 14.6. The second-order valence-electron chi connectivity index (χ2n) is 5.62. The average molecular weight is 385 g/mol. The van der Waals surface area contributed by atoms with Gasteiger partial charge in [0.25, 0.3) is 0 Å². The van der Waals surface area contributed by atoms with Gasteiger partial charge in [0.1, 0.15) is 0 Å². The summed E-state index contributed by atoms with van der Waals surface area (Å²) in [5.41, 5.74) is -10.2. The summed E-state index contributed by atoms with van der Waals surface area (Å²) >= 11 is 0. The molecule has 0 saturated heterocycles. The first-order valence-corrected chi connectivity index (χ1v) is 7.02. The highest BCUT2D eigenvalue weighted by Gasteiger charge is 2.74. The van der Waals surface area contributed by atoms with E-state index in [1.807, 2.05) is 0 Å². The quantitative estimate of drug-likeness (QED) is 0.530. The first kappa shape index (κ1) is 20.1. The summed E-state index contributed by atoms with van der Waals surface area (Å²) in [4.78, 5) is 0. The van der Waals surface area contributed by atoms with Gasteiger partial charge in [-0.25, -0.2) is 13.2 Å². The van der Waals surface area contributed by atoms with Gasteiger partial charge in [-0.15, -0.1) is 0 Å². The van der Waals surface area contributed by atoms with Crippen LogP contribution in [-0.2, 0) is 5.67 Å². The molecule has 141 valence electrons. The molecule has 2 rings (SSSR count). The van der Waals surface area contributed by atoms with Crippen LogP contribution in [-0.4, -0.2) is 12.4 Å². The molecular weight excluding hydrogens is 375 g/mol. The zero-order valence-electron chi connectivity index (χ0n) is 13.2. The molecule has 0 aliphatic heterocycles. The van der Waals surface area contributed by atoms with Crippen LogP contribution in [0.3, 0.4) is 0 Å². The van der Waals surface area contributed by atoms with E-state index >= 15 is 0 Å². The lowest BCUT2D eigenvalue weighted by molar-refractivity contribution is -0.348. The molecule has 0 unspecified atom stereocenters. The highest BCUT2D eigenvalue weighted by molar-refractivity contribution is 5.73. The number of aryl methyl sites for hydroxylation is 2. The Balaban J connectivity index is 3.00. The van der Waals surface area contributed by atoms with Crippen molar-refractivity contribution in [2.45, 2.75) is 31.9 Å². The third-order valence-corrected chi connectivity index (χ3v) is 3.76. The van der Waals surface area contributed by atoms with Crippen LogP contribution in [0.4, 0.5) is 39.5 Å². The van der Waals surface area contributed by atoms with Crippen molar-refractivity contribution in [3.63, 3.8) is 0 Å². The van der Waals surface area contributed by atoms with E-state index in [9.17, 15) is 39.5 Å². The molecule has 0 nitrogen and oxygen atoms in total. The Morgan fingerprint density at radius 1 is 0.846 bits per heavy atom. The van der Waals surface area contributed by atoms with Gasteiger partial charge in [-0.2, -0.15) is 26.3 Å². The summed E-state index contributed by atoms with van der Waals surface area (Å²) in [6.07, 6.45) is -12.8. The van der Waals surface area contributed by atoms with Crippen molar-refractivity contribution in [3.8, 4) is 11.1 Å². The minimum Gasteiger partial charge on any atom is -0.218 e. The molecule has 0 bridgehead atoms. The number of hydrogen-bond donors (Lipinski definition) is 0. The van der Waals surface area contributed by atoms with Crippen LogP contribution in [0.2, 0.25) is 0 Å². The van der Waals surface area contributed by atoms with Crippen molar-refractivity contribution in [3.05, 3.63) is 58.7 Å². The lowest BCUT2D eigenvalue weighted by atomic mass is 9.83. The molecule has 26 heavy (non-hydrogen) atoms. The van der Waals surface area contributed by atoms with Gasteiger partial charge in [0.05, 0.1) is 0 Å². The monoisotopic (exact) mass is 385 g/mol. The fraction of sp³-hybridized carbons (Fsp3) is 0.294. The van der Waals surface area contributed by atoms with Crippen LogP contribution in [0.5, 0.6) is 0 Å². The third-order valence-electron chi connectivity index (χ3n) is 3.76. The van der Waals surface area contributed by atoms with Crippen LogP contribution in [0.25, 0.3) is 11.1 Å². The van der Waals surface area contributed by atoms with Gasteiger partial charge in [0, 0.05) is 11.1 Å². The lowest BCUT2D eigenvalue weighted by Gasteiger charge is -2.32. The topological polar surface area (TPSA) is 0 Å². The minimum absolute atomic E-state index is 0.228. The molecule has 1 radical (unpaired) electrons. The van der Waals surface area contributed by atoms with Crippen molar-refractivity contribution in [1.82, 2.24) is 0 Å². The first-order valence-electron chi connectivity index (χ1n) is 7.02. The number of alkyl halides is 7. The van der Waals surface area contributed by atoms with E-state index in [0.717, 1.165) is 26.0 Å². The molecule has 0 atom stereocenters. The predicted molar refractivity (Wildman–Crippen MR) is 75.0 cm³/mol. The second kappa shape index (κ2) is 6.21. The molecule has 0 aliphatic rings. The van der Waals surface area contributed by atoms with Crippen LogP contribution < -0.4 is 0 Å². The minimum atomic E-state index is -6.38. The van der Waals surface area contributed by atoms with Gasteiger partial charge < -0.3 is 0 Å². The predicted octanol–water partition coefficient (Wildman–Crippen LogP) is 6.34. The Morgan fingerprint density at radius 3 is 1.88 bits per heavy atom. The Bertz CT molecular complexity index is 817. The first-order chi connectivity index (χ1) is 11.7. The smallest absolute Gasteiger partial charge is 0.218 e. The molecule has 0 aromatic heterocycles. The summed E-state index contributed by atoms with van der Waals surface area (Å²) < 4.78 is 121. The third kappa shape index (κ3) is 3.03. The van der Waals surface area contributed by atoms with Crippen molar-refractivity contribution in [2.24, 2.45) is 0 Å². The molecule has 0 heterocycles. The largest absolute Gasteiger partial charge is 0.435 e. The summed E-state index contributed by atoms with van der Waals surface area (Å²) in [6.45, 7) is 2.14. The molecular formula is C17H10F9. The Labute approximate surface area is 142 Å². The van der Waals surface area contributed by atoms with E-state index in [2.05, 4.69) is 6.07 Å². The van der Waals surface area contributed by atoms with Crippen molar-refractivity contribution >= 4 is 0 Å². The lowest BCUT2D eigenvalue weighted by Crippen LogP contribution is -2.50. The van der Waals surface area contributed by atoms with E-state index in [1.54, 1.807) is 0 Å². The number of benzene rings is 2. The van der Waals surface area contributed by atoms with Crippen LogP contribution in [0, 0.1) is 31.5 Å². The zero-order chi connectivity index (χ0) is 20.1. The maximum Gasteiger partial charge on any atom is 0.435 e. The summed E-state index contributed by atoms with van der Waals surface area (Å²) in [5.74, 6) is -3.20. The summed E-state index contributed by atoms with van der Waals surface area (Å²) in [5, 5.41) is 0. The van der Waals surface area contributed by atoms with Gasteiger partial charge in [-0.1, -0.05) is 18.2 Å². The fourth-order valence-electron chi connectivity index (χ4n) is 2.67. The van der Waals surface area contributed by atoms with Crippen molar-refractivity contribution < 1.29 is 39.5 Å². The van der Waals surface area contributed by atoms with E-state index in [4.69, 9.17) is 0 Å². The zero-order valence-corrected chi connectivity index (χ0v) is 13.2. The Morgan fingerprint density at radius 2 is 1.38 bits per heavy atom. The van der Waals surface area contributed by atoms with Crippen molar-refractivity contribution in [1.29, 1.82) is 0 Å². The van der Waals surface area contributed by atoms with Crippen LogP contribution >= 0.6 is 0 Å². The number of hydrogen-bond acceptors (Lipinski definition) is 0. The average Bonchev–Trinajstić information content (AvgIpc) is 2.47. The molecule has 9 heteroatoms. The van der Waals surface area contributed by atoms with Crippen LogP contribution in [0.1, 0.15) is 16.7 Å². The second-order valence-corrected chi connectivity index (χ2v) is 5.62. The van der Waals surface area contributed by atoms with E-state index < -0.39 is 46.3 Å². The summed E-state index contributed by atoms with van der Waals surface area (Å²) in [6, 6.07) is 4.97. The van der Waals surface area contributed by atoms with Crippen molar-refractivity contribution in [2.75, 3.05) is 0 Å². The molecule has 0 aliphatic carbocycles. The van der Waals surface area contributed by atoms with Gasteiger partial charge in [0.2, 0.25) is 0 Å². The highest BCUT2D eigenvalue weighted by Crippen LogP contribution is 2.56. The van der Waals surface area contributed by atoms with Gasteiger partial charge >= 0.3 is 18.0 Å². The van der Waals surface area contributed by atoms with E-state index in [-0.39, 0.29) is 17.2 Å². The molecule has 0 spiro atoms. The molecule has 2 aromatic rings. The standard InChI is InChI=1S/C17H10F9/c1-8-6-9(2)13(10-4-3-5-12(18)14(10)19)11(7-8)15(20,16(21,22)23)17(24,25)26/h3-5,7H,1-2H3. The highest BCUT2D eigenvalue weighted by atomic mass is 19.4. The molecule has 0 N–H and O–H groups in total. The van der Waals surface area contributed by atoms with Crippen LogP contribution in [0.15, 0.2) is 24.3 Å². The fourth-order valence-corrected chi connectivity index (χ4v) is 2.67. The molecule has 0 saturated carbocycles. The summed E-state index contributed by atoms with van der Waals surface area (Å²) in [7, 11) is 0.